The van der Waals surface area contributed by atoms with Crippen LogP contribution in [0.5, 0.6) is 0 Å². The molecule has 0 aliphatic heterocycles. The van der Waals surface area contributed by atoms with Gasteiger partial charge in [0.15, 0.2) is 5.78 Å². The predicted molar refractivity (Wildman–Crippen MR) is 96.2 cm³/mol. The maximum Gasteiger partial charge on any atom is 0.325 e. The number of ketones is 1. The Labute approximate surface area is 147 Å². The quantitative estimate of drug-likeness (QED) is 0.653. The first kappa shape index (κ1) is 15.5. The van der Waals surface area contributed by atoms with Crippen molar-refractivity contribution in [2.24, 2.45) is 0 Å². The molecule has 4 rings (SSSR count). The maximum atomic E-state index is 12.7. The molecule has 1 saturated carbocycles. The minimum atomic E-state index is -0.194. The van der Waals surface area contributed by atoms with Gasteiger partial charge in [0.05, 0.1) is 0 Å². The zero-order valence-electron chi connectivity index (χ0n) is 13.5. The number of carbonyl (C=O) groups excluding carboxylic acids is 1. The molecule has 0 radical (unpaired) electrons. The van der Waals surface area contributed by atoms with E-state index in [9.17, 15) is 9.59 Å². The number of hydrogen-bond donors (Lipinski definition) is 0. The fourth-order valence-electron chi connectivity index (χ4n) is 3.08. The van der Waals surface area contributed by atoms with Gasteiger partial charge in [0.1, 0.15) is 11.6 Å². The van der Waals surface area contributed by atoms with Crippen LogP contribution < -0.4 is 4.87 Å². The van der Waals surface area contributed by atoms with Crippen LogP contribution in [0.2, 0.25) is 0 Å². The van der Waals surface area contributed by atoms with Gasteiger partial charge in [-0.05, 0) is 44.2 Å². The van der Waals surface area contributed by atoms with Gasteiger partial charge < -0.3 is 4.57 Å². The zero-order valence-corrected chi connectivity index (χ0v) is 15.1. The second kappa shape index (κ2) is 5.82. The summed E-state index contributed by atoms with van der Waals surface area (Å²) in [6.45, 7) is 4.01. The summed E-state index contributed by atoms with van der Waals surface area (Å²) in [4.78, 5) is 24.6. The Hall–Kier alpha value is -1.99. The summed E-state index contributed by atoms with van der Waals surface area (Å²) >= 11 is 2.64. The van der Waals surface area contributed by atoms with Gasteiger partial charge in [0.25, 0.3) is 0 Å². The first-order valence-electron chi connectivity index (χ1n) is 7.86. The highest BCUT2D eigenvalue weighted by Gasteiger charge is 2.28. The molecule has 1 fully saturated rings. The lowest BCUT2D eigenvalue weighted by Crippen LogP contribution is -2.21. The Kier molecular flexibility index (Phi) is 3.77. The zero-order chi connectivity index (χ0) is 16.8. The van der Waals surface area contributed by atoms with Crippen molar-refractivity contribution in [2.45, 2.75) is 39.3 Å². The van der Waals surface area contributed by atoms with Crippen LogP contribution in [0.15, 0.2) is 27.7 Å². The van der Waals surface area contributed by atoms with Gasteiger partial charge in [-0.25, -0.2) is 4.68 Å². The normalized spacial score (nSPS) is 14.2. The molecule has 0 unspecified atom stereocenters. The first-order chi connectivity index (χ1) is 11.5. The van der Waals surface area contributed by atoms with Crippen LogP contribution in [0.1, 0.15) is 40.6 Å². The highest BCUT2D eigenvalue weighted by atomic mass is 32.1. The summed E-state index contributed by atoms with van der Waals surface area (Å²) in [5, 5.41) is 8.89. The summed E-state index contributed by atoms with van der Waals surface area (Å²) < 4.78 is 3.52. The molecule has 124 valence electrons. The second-order valence-electron chi connectivity index (χ2n) is 6.15. The smallest absolute Gasteiger partial charge is 0.325 e. The van der Waals surface area contributed by atoms with Crippen molar-refractivity contribution in [3.63, 3.8) is 0 Å². The Morgan fingerprint density at radius 2 is 2.17 bits per heavy atom. The molecule has 0 atom stereocenters. The van der Waals surface area contributed by atoms with Gasteiger partial charge in [0, 0.05) is 33.9 Å². The molecule has 24 heavy (non-hydrogen) atoms. The van der Waals surface area contributed by atoms with E-state index in [0.717, 1.165) is 28.3 Å². The van der Waals surface area contributed by atoms with E-state index in [2.05, 4.69) is 9.67 Å². The van der Waals surface area contributed by atoms with E-state index in [0.29, 0.717) is 16.6 Å². The van der Waals surface area contributed by atoms with Crippen LogP contribution in [0, 0.1) is 13.8 Å². The van der Waals surface area contributed by atoms with Crippen molar-refractivity contribution in [1.82, 2.24) is 14.3 Å². The summed E-state index contributed by atoms with van der Waals surface area (Å²) in [5.41, 5.74) is 3.75. The standard InChI is InChI=1S/C17H17N3O2S2/c1-10-7-14(11(2)20(10)13-3-4-13)15(21)8-19-17(22)24-16(18-19)12-5-6-23-9-12/h5-7,9,13H,3-4,8H2,1-2H3. The van der Waals surface area contributed by atoms with E-state index in [1.807, 2.05) is 36.7 Å². The minimum absolute atomic E-state index is 0.00553. The largest absolute Gasteiger partial charge is 0.345 e. The van der Waals surface area contributed by atoms with Gasteiger partial charge >= 0.3 is 4.87 Å². The van der Waals surface area contributed by atoms with E-state index in [-0.39, 0.29) is 17.2 Å². The average molecular weight is 359 g/mol. The molecule has 7 heteroatoms. The number of rotatable bonds is 5. The third kappa shape index (κ3) is 2.67. The molecule has 1 aliphatic carbocycles. The Morgan fingerprint density at radius 3 is 2.83 bits per heavy atom. The van der Waals surface area contributed by atoms with E-state index >= 15 is 0 Å². The van der Waals surface area contributed by atoms with Gasteiger partial charge in [-0.15, -0.1) is 0 Å². The topological polar surface area (TPSA) is 56.9 Å². The fourth-order valence-corrected chi connectivity index (χ4v) is 4.56. The second-order valence-corrected chi connectivity index (χ2v) is 7.87. The lowest BCUT2D eigenvalue weighted by molar-refractivity contribution is 0.0966. The van der Waals surface area contributed by atoms with Crippen molar-refractivity contribution in [3.8, 4) is 10.6 Å². The highest BCUT2D eigenvalue weighted by Crippen LogP contribution is 2.38. The van der Waals surface area contributed by atoms with Crippen LogP contribution in [0.3, 0.4) is 0 Å². The summed E-state index contributed by atoms with van der Waals surface area (Å²) in [6, 6.07) is 4.41. The number of aromatic nitrogens is 3. The van der Waals surface area contributed by atoms with Crippen LogP contribution in [-0.4, -0.2) is 20.1 Å². The van der Waals surface area contributed by atoms with Gasteiger partial charge in [0.2, 0.25) is 0 Å². The highest BCUT2D eigenvalue weighted by molar-refractivity contribution is 7.13. The molecule has 0 N–H and O–H groups in total. The Balaban J connectivity index is 1.61. The summed E-state index contributed by atoms with van der Waals surface area (Å²) in [7, 11) is 0. The summed E-state index contributed by atoms with van der Waals surface area (Å²) in [5.74, 6) is -0.0562. The predicted octanol–water partition coefficient (Wildman–Crippen LogP) is 3.67. The maximum absolute atomic E-state index is 12.7. The first-order valence-corrected chi connectivity index (χ1v) is 9.62. The number of aryl methyl sites for hydroxylation is 1. The number of carbonyl (C=O) groups is 1. The van der Waals surface area contributed by atoms with E-state index in [1.165, 1.54) is 17.5 Å². The van der Waals surface area contributed by atoms with Gasteiger partial charge in [-0.2, -0.15) is 16.4 Å². The third-order valence-corrected chi connectivity index (χ3v) is 5.94. The van der Waals surface area contributed by atoms with Crippen molar-refractivity contribution in [2.75, 3.05) is 0 Å². The molecule has 3 aromatic rings. The number of Topliss-reactive ketones (excluding diaryl/α,β-unsaturated/α-hetero) is 1. The molecule has 0 spiro atoms. The van der Waals surface area contributed by atoms with Gasteiger partial charge in [-0.1, -0.05) is 11.3 Å². The fraction of sp³-hybridized carbons (Fsp3) is 0.353. The molecule has 0 aromatic carbocycles. The van der Waals surface area contributed by atoms with Crippen molar-refractivity contribution in [1.29, 1.82) is 0 Å². The van der Waals surface area contributed by atoms with Gasteiger partial charge in [-0.3, -0.25) is 9.59 Å². The molecule has 3 aromatic heterocycles. The lowest BCUT2D eigenvalue weighted by atomic mass is 10.1. The van der Waals surface area contributed by atoms with Crippen LogP contribution in [0.4, 0.5) is 0 Å². The molecule has 0 amide bonds. The number of nitrogens with zero attached hydrogens (tertiary/aromatic N) is 3. The SMILES string of the molecule is Cc1cc(C(=O)Cn2nc(-c3ccsc3)sc2=O)c(C)n1C1CC1. The molecular weight excluding hydrogens is 342 g/mol. The monoisotopic (exact) mass is 359 g/mol. The van der Waals surface area contributed by atoms with Crippen LogP contribution in [-0.2, 0) is 6.54 Å². The van der Waals surface area contributed by atoms with Crippen LogP contribution in [0.25, 0.3) is 10.6 Å². The number of thiophene rings is 1. The molecule has 3 heterocycles. The molecule has 1 aliphatic rings. The van der Waals surface area contributed by atoms with Crippen LogP contribution >= 0.6 is 22.7 Å². The van der Waals surface area contributed by atoms with Crippen molar-refractivity contribution < 1.29 is 4.79 Å². The van der Waals surface area contributed by atoms with Crippen molar-refractivity contribution >= 4 is 28.5 Å². The van der Waals surface area contributed by atoms with E-state index < -0.39 is 0 Å². The van der Waals surface area contributed by atoms with E-state index in [1.54, 1.807) is 11.3 Å². The summed E-state index contributed by atoms with van der Waals surface area (Å²) in [6.07, 6.45) is 2.36. The lowest BCUT2D eigenvalue weighted by Gasteiger charge is -2.07. The molecule has 0 bridgehead atoms. The van der Waals surface area contributed by atoms with E-state index in [4.69, 9.17) is 0 Å². The number of hydrogen-bond acceptors (Lipinski definition) is 5. The Morgan fingerprint density at radius 1 is 1.38 bits per heavy atom. The van der Waals surface area contributed by atoms with Crippen molar-refractivity contribution in [3.05, 3.63) is 49.5 Å². The molecule has 0 saturated heterocycles. The third-order valence-electron chi connectivity index (χ3n) is 4.36. The molecular formula is C17H17N3O2S2. The molecule has 5 nitrogen and oxygen atoms in total. The average Bonchev–Trinajstić information content (AvgIpc) is 2.96. The minimum Gasteiger partial charge on any atom is -0.345 e. The Bertz CT molecular complexity index is 959.